The van der Waals surface area contributed by atoms with Crippen molar-refractivity contribution in [3.8, 4) is 0 Å². The molecule has 1 unspecified atom stereocenters. The largest absolute Gasteiger partial charge is 0.377 e. The van der Waals surface area contributed by atoms with Crippen molar-refractivity contribution in [2.24, 2.45) is 5.73 Å². The van der Waals surface area contributed by atoms with Gasteiger partial charge in [0.2, 0.25) is 0 Å². The number of hydrogen-bond acceptors (Lipinski definition) is 4. The van der Waals surface area contributed by atoms with Gasteiger partial charge in [0.25, 0.3) is 5.91 Å². The Morgan fingerprint density at radius 2 is 2.42 bits per heavy atom. The molecule has 0 radical (unpaired) electrons. The first-order valence-corrected chi connectivity index (χ1v) is 6.57. The second-order valence-electron chi connectivity index (χ2n) is 5.22. The number of piperidine rings is 1. The molecule has 19 heavy (non-hydrogen) atoms. The van der Waals surface area contributed by atoms with Crippen LogP contribution in [-0.2, 0) is 11.3 Å². The van der Waals surface area contributed by atoms with Gasteiger partial charge in [-0.3, -0.25) is 9.78 Å². The van der Waals surface area contributed by atoms with Crippen molar-refractivity contribution in [1.29, 1.82) is 0 Å². The Balaban J connectivity index is 2.14. The predicted octanol–water partition coefficient (Wildman–Crippen LogP) is 1.18. The van der Waals surface area contributed by atoms with Crippen LogP contribution in [0.2, 0.25) is 0 Å². The average Bonchev–Trinajstić information content (AvgIpc) is 2.46. The maximum absolute atomic E-state index is 12.5. The highest BCUT2D eigenvalue weighted by Gasteiger charge is 2.33. The van der Waals surface area contributed by atoms with Gasteiger partial charge >= 0.3 is 0 Å². The quantitative estimate of drug-likeness (QED) is 0.889. The molecule has 0 bridgehead atoms. The van der Waals surface area contributed by atoms with Crippen molar-refractivity contribution in [3.05, 3.63) is 29.6 Å². The molecule has 2 N–H and O–H groups in total. The first-order chi connectivity index (χ1) is 9.08. The molecular formula is C14H21N3O2. The Hall–Kier alpha value is -1.46. The second-order valence-corrected chi connectivity index (χ2v) is 5.22. The highest BCUT2D eigenvalue weighted by atomic mass is 16.5. The van der Waals surface area contributed by atoms with Gasteiger partial charge in [-0.05, 0) is 31.9 Å². The number of carbonyl (C=O) groups excluding carboxylic acids is 1. The minimum Gasteiger partial charge on any atom is -0.377 e. The molecule has 5 heteroatoms. The van der Waals surface area contributed by atoms with E-state index >= 15 is 0 Å². The average molecular weight is 263 g/mol. The highest BCUT2D eigenvalue weighted by Crippen LogP contribution is 2.25. The molecule has 0 aromatic carbocycles. The van der Waals surface area contributed by atoms with Crippen LogP contribution in [0.1, 0.15) is 35.8 Å². The lowest BCUT2D eigenvalue weighted by atomic mass is 9.94. The van der Waals surface area contributed by atoms with Crippen molar-refractivity contribution in [2.75, 3.05) is 20.2 Å². The van der Waals surface area contributed by atoms with Crippen LogP contribution in [-0.4, -0.2) is 41.6 Å². The minimum atomic E-state index is -0.238. The minimum absolute atomic E-state index is 0.0278. The Morgan fingerprint density at radius 1 is 1.63 bits per heavy atom. The number of aromatic nitrogens is 1. The SMILES string of the molecule is COC1(C)CCCN(C(=O)c2ccnc(CN)c2)C1. The molecular weight excluding hydrogens is 242 g/mol. The fourth-order valence-corrected chi connectivity index (χ4v) is 2.45. The number of carbonyl (C=O) groups is 1. The van der Waals surface area contributed by atoms with Gasteiger partial charge in [0.05, 0.1) is 11.3 Å². The number of nitrogens with zero attached hydrogens (tertiary/aromatic N) is 2. The molecule has 1 fully saturated rings. The highest BCUT2D eigenvalue weighted by molar-refractivity contribution is 5.94. The van der Waals surface area contributed by atoms with Gasteiger partial charge in [0.1, 0.15) is 0 Å². The third-order valence-electron chi connectivity index (χ3n) is 3.71. The van der Waals surface area contributed by atoms with Crippen LogP contribution in [0.3, 0.4) is 0 Å². The van der Waals surface area contributed by atoms with Crippen LogP contribution >= 0.6 is 0 Å². The van der Waals surface area contributed by atoms with Crippen LogP contribution in [0.15, 0.2) is 18.3 Å². The Labute approximate surface area is 113 Å². The summed E-state index contributed by atoms with van der Waals surface area (Å²) in [6.07, 6.45) is 3.58. The van der Waals surface area contributed by atoms with Crippen molar-refractivity contribution >= 4 is 5.91 Å². The molecule has 0 spiro atoms. The maximum atomic E-state index is 12.5. The van der Waals surface area contributed by atoms with E-state index in [1.165, 1.54) is 0 Å². The van der Waals surface area contributed by atoms with Gasteiger partial charge < -0.3 is 15.4 Å². The summed E-state index contributed by atoms with van der Waals surface area (Å²) in [4.78, 5) is 18.4. The third kappa shape index (κ3) is 3.11. The molecule has 1 aromatic heterocycles. The smallest absolute Gasteiger partial charge is 0.254 e. The van der Waals surface area contributed by atoms with E-state index in [-0.39, 0.29) is 11.5 Å². The normalized spacial score (nSPS) is 23.4. The van der Waals surface area contributed by atoms with Gasteiger partial charge in [0.15, 0.2) is 0 Å². The van der Waals surface area contributed by atoms with Crippen LogP contribution in [0, 0.1) is 0 Å². The van der Waals surface area contributed by atoms with Gasteiger partial charge in [0, 0.05) is 38.5 Å². The fourth-order valence-electron chi connectivity index (χ4n) is 2.45. The Bertz CT molecular complexity index is 464. The molecule has 2 rings (SSSR count). The zero-order chi connectivity index (χ0) is 13.9. The predicted molar refractivity (Wildman–Crippen MR) is 72.7 cm³/mol. The lowest BCUT2D eigenvalue weighted by molar-refractivity contribution is -0.0440. The van der Waals surface area contributed by atoms with Gasteiger partial charge in [-0.1, -0.05) is 0 Å². The number of pyridine rings is 1. The van der Waals surface area contributed by atoms with Crippen molar-refractivity contribution in [2.45, 2.75) is 31.9 Å². The van der Waals surface area contributed by atoms with E-state index in [2.05, 4.69) is 4.98 Å². The van der Waals surface area contributed by atoms with E-state index in [0.717, 1.165) is 25.1 Å². The summed E-state index contributed by atoms with van der Waals surface area (Å²) in [5, 5.41) is 0. The van der Waals surface area contributed by atoms with E-state index < -0.39 is 0 Å². The van der Waals surface area contributed by atoms with Crippen LogP contribution in [0.5, 0.6) is 0 Å². The van der Waals surface area contributed by atoms with Crippen LogP contribution in [0.4, 0.5) is 0 Å². The van der Waals surface area contributed by atoms with Gasteiger partial charge in [-0.25, -0.2) is 0 Å². The summed E-state index contributed by atoms with van der Waals surface area (Å²) in [7, 11) is 1.70. The van der Waals surface area contributed by atoms with E-state index in [1.54, 1.807) is 25.4 Å². The summed E-state index contributed by atoms with van der Waals surface area (Å²) in [6, 6.07) is 3.50. The number of nitrogens with two attached hydrogens (primary N) is 1. The van der Waals surface area contributed by atoms with Crippen LogP contribution in [0.25, 0.3) is 0 Å². The van der Waals surface area contributed by atoms with Crippen molar-refractivity contribution in [1.82, 2.24) is 9.88 Å². The summed E-state index contributed by atoms with van der Waals surface area (Å²) in [5.41, 5.74) is 6.70. The van der Waals surface area contributed by atoms with E-state index in [1.807, 2.05) is 11.8 Å². The Morgan fingerprint density at radius 3 is 3.11 bits per heavy atom. The topological polar surface area (TPSA) is 68.5 Å². The molecule has 1 atom stereocenters. The van der Waals surface area contributed by atoms with Crippen LogP contribution < -0.4 is 5.73 Å². The van der Waals surface area contributed by atoms with E-state index in [0.29, 0.717) is 18.7 Å². The summed E-state index contributed by atoms with van der Waals surface area (Å²) < 4.78 is 5.51. The van der Waals surface area contributed by atoms with Crippen molar-refractivity contribution < 1.29 is 9.53 Å². The summed E-state index contributed by atoms with van der Waals surface area (Å²) in [5.74, 6) is 0.0278. The number of hydrogen-bond donors (Lipinski definition) is 1. The molecule has 1 aliphatic rings. The van der Waals surface area contributed by atoms with E-state index in [4.69, 9.17) is 10.5 Å². The first kappa shape index (κ1) is 14.0. The zero-order valence-electron chi connectivity index (χ0n) is 11.6. The molecule has 2 heterocycles. The molecule has 0 aliphatic carbocycles. The molecule has 104 valence electrons. The van der Waals surface area contributed by atoms with E-state index in [9.17, 15) is 4.79 Å². The van der Waals surface area contributed by atoms with Gasteiger partial charge in [-0.2, -0.15) is 0 Å². The monoisotopic (exact) mass is 263 g/mol. The first-order valence-electron chi connectivity index (χ1n) is 6.57. The molecule has 1 aromatic rings. The molecule has 5 nitrogen and oxygen atoms in total. The Kier molecular flexibility index (Phi) is 4.17. The summed E-state index contributed by atoms with van der Waals surface area (Å²) in [6.45, 7) is 3.79. The maximum Gasteiger partial charge on any atom is 0.254 e. The number of rotatable bonds is 3. The summed E-state index contributed by atoms with van der Waals surface area (Å²) >= 11 is 0. The standard InChI is InChI=1S/C14H21N3O2/c1-14(19-2)5-3-7-17(10-14)13(18)11-4-6-16-12(8-11)9-15/h4,6,8H,3,5,7,9-10,15H2,1-2H3. The fraction of sp³-hybridized carbons (Fsp3) is 0.571. The van der Waals surface area contributed by atoms with Gasteiger partial charge in [-0.15, -0.1) is 0 Å². The molecule has 1 saturated heterocycles. The lowest BCUT2D eigenvalue weighted by Crippen LogP contribution is -2.49. The van der Waals surface area contributed by atoms with Crippen molar-refractivity contribution in [3.63, 3.8) is 0 Å². The second kappa shape index (κ2) is 5.67. The zero-order valence-corrected chi connectivity index (χ0v) is 11.6. The third-order valence-corrected chi connectivity index (χ3v) is 3.71. The lowest BCUT2D eigenvalue weighted by Gasteiger charge is -2.39. The molecule has 0 saturated carbocycles. The number of likely N-dealkylation sites (tertiary alicyclic amines) is 1. The number of methoxy groups -OCH3 is 1. The molecule has 1 aliphatic heterocycles. The molecule has 1 amide bonds. The number of amides is 1. The number of ether oxygens (including phenoxy) is 1.